The highest BCUT2D eigenvalue weighted by Crippen LogP contribution is 2.17. The van der Waals surface area contributed by atoms with Gasteiger partial charge in [0, 0.05) is 25.8 Å². The molecular formula is C11H17FN2. The van der Waals surface area contributed by atoms with Gasteiger partial charge < -0.3 is 10.2 Å². The van der Waals surface area contributed by atoms with Gasteiger partial charge in [-0.3, -0.25) is 0 Å². The molecular weight excluding hydrogens is 179 g/mol. The van der Waals surface area contributed by atoms with Gasteiger partial charge in [-0.05, 0) is 37.7 Å². The number of nitrogens with one attached hydrogen (secondary N) is 1. The monoisotopic (exact) mass is 196 g/mol. The van der Waals surface area contributed by atoms with Crippen molar-refractivity contribution in [3.63, 3.8) is 0 Å². The Labute approximate surface area is 84.7 Å². The summed E-state index contributed by atoms with van der Waals surface area (Å²) in [5.41, 5.74) is 1.90. The van der Waals surface area contributed by atoms with Gasteiger partial charge in [-0.25, -0.2) is 4.39 Å². The Kier molecular flexibility index (Phi) is 3.89. The summed E-state index contributed by atoms with van der Waals surface area (Å²) < 4.78 is 13.2. The molecule has 0 saturated heterocycles. The fourth-order valence-corrected chi connectivity index (χ4v) is 1.34. The Hall–Kier alpha value is -1.09. The van der Waals surface area contributed by atoms with Gasteiger partial charge in [0.15, 0.2) is 0 Å². The zero-order valence-electron chi connectivity index (χ0n) is 8.97. The number of nitrogens with zero attached hydrogens (tertiary/aromatic N) is 1. The van der Waals surface area contributed by atoms with Crippen LogP contribution in [0.5, 0.6) is 0 Å². The highest BCUT2D eigenvalue weighted by Gasteiger charge is 2.03. The number of anilines is 1. The van der Waals surface area contributed by atoms with Crippen molar-refractivity contribution in [2.75, 3.05) is 25.5 Å². The minimum Gasteiger partial charge on any atom is -0.375 e. The van der Waals surface area contributed by atoms with Crippen molar-refractivity contribution in [3.8, 4) is 0 Å². The topological polar surface area (TPSA) is 15.3 Å². The summed E-state index contributed by atoms with van der Waals surface area (Å²) in [6.07, 6.45) is 0. The molecule has 0 spiro atoms. The van der Waals surface area contributed by atoms with E-state index in [9.17, 15) is 4.39 Å². The van der Waals surface area contributed by atoms with Gasteiger partial charge in [0.25, 0.3) is 0 Å². The van der Waals surface area contributed by atoms with E-state index in [0.717, 1.165) is 17.8 Å². The van der Waals surface area contributed by atoms with Gasteiger partial charge in [0.05, 0.1) is 0 Å². The molecule has 0 radical (unpaired) electrons. The molecule has 0 unspecified atom stereocenters. The lowest BCUT2D eigenvalue weighted by atomic mass is 10.2. The summed E-state index contributed by atoms with van der Waals surface area (Å²) in [5, 5.41) is 3.01. The van der Waals surface area contributed by atoms with Crippen LogP contribution in [-0.4, -0.2) is 20.6 Å². The van der Waals surface area contributed by atoms with Crippen LogP contribution in [0.1, 0.15) is 12.5 Å². The smallest absolute Gasteiger partial charge is 0.125 e. The molecule has 1 aromatic rings. The maximum absolute atomic E-state index is 13.2. The molecule has 78 valence electrons. The third-order valence-corrected chi connectivity index (χ3v) is 2.24. The Morgan fingerprint density at radius 1 is 1.36 bits per heavy atom. The molecule has 1 aromatic carbocycles. The molecule has 1 rings (SSSR count). The van der Waals surface area contributed by atoms with E-state index >= 15 is 0 Å². The van der Waals surface area contributed by atoms with Crippen molar-refractivity contribution in [2.45, 2.75) is 13.5 Å². The van der Waals surface area contributed by atoms with E-state index in [-0.39, 0.29) is 5.82 Å². The van der Waals surface area contributed by atoms with Crippen LogP contribution in [-0.2, 0) is 6.54 Å². The number of hydrogen-bond donors (Lipinski definition) is 1. The van der Waals surface area contributed by atoms with E-state index in [2.05, 4.69) is 5.32 Å². The normalized spacial score (nSPS) is 10.3. The second kappa shape index (κ2) is 4.96. The van der Waals surface area contributed by atoms with Crippen LogP contribution < -0.4 is 10.2 Å². The van der Waals surface area contributed by atoms with Crippen molar-refractivity contribution in [2.24, 2.45) is 0 Å². The van der Waals surface area contributed by atoms with E-state index in [0.29, 0.717) is 6.54 Å². The summed E-state index contributed by atoms with van der Waals surface area (Å²) in [6.45, 7) is 3.62. The van der Waals surface area contributed by atoms with Crippen molar-refractivity contribution >= 4 is 5.69 Å². The van der Waals surface area contributed by atoms with E-state index in [1.54, 1.807) is 12.1 Å². The molecule has 14 heavy (non-hydrogen) atoms. The minimum atomic E-state index is -0.173. The van der Waals surface area contributed by atoms with Crippen molar-refractivity contribution in [1.29, 1.82) is 0 Å². The van der Waals surface area contributed by atoms with Gasteiger partial charge in [0.1, 0.15) is 5.82 Å². The van der Waals surface area contributed by atoms with Crippen LogP contribution in [0.2, 0.25) is 0 Å². The third-order valence-electron chi connectivity index (χ3n) is 2.24. The largest absolute Gasteiger partial charge is 0.375 e. The first-order chi connectivity index (χ1) is 6.67. The molecule has 0 aliphatic heterocycles. The van der Waals surface area contributed by atoms with E-state index < -0.39 is 0 Å². The van der Waals surface area contributed by atoms with Gasteiger partial charge in [-0.15, -0.1) is 0 Å². The Morgan fingerprint density at radius 3 is 2.64 bits per heavy atom. The van der Waals surface area contributed by atoms with Crippen LogP contribution in [0, 0.1) is 5.82 Å². The number of halogens is 1. The van der Waals surface area contributed by atoms with Gasteiger partial charge in [0.2, 0.25) is 0 Å². The average molecular weight is 196 g/mol. The predicted molar refractivity (Wildman–Crippen MR) is 58.1 cm³/mol. The second-order valence-corrected chi connectivity index (χ2v) is 3.36. The standard InChI is InChI=1S/C11H17FN2/c1-4-14(3)11-6-9(8-13-2)5-10(12)7-11/h5-7,13H,4,8H2,1-3H3. The molecule has 2 nitrogen and oxygen atoms in total. The third kappa shape index (κ3) is 2.70. The summed E-state index contributed by atoms with van der Waals surface area (Å²) in [4.78, 5) is 2.02. The molecule has 3 heteroatoms. The van der Waals surface area contributed by atoms with Crippen LogP contribution in [0.15, 0.2) is 18.2 Å². The number of hydrogen-bond acceptors (Lipinski definition) is 2. The lowest BCUT2D eigenvalue weighted by molar-refractivity contribution is 0.623. The number of rotatable bonds is 4. The fourth-order valence-electron chi connectivity index (χ4n) is 1.34. The SMILES string of the molecule is CCN(C)c1cc(F)cc(CNC)c1. The molecule has 0 atom stereocenters. The lowest BCUT2D eigenvalue weighted by Gasteiger charge is -2.17. The highest BCUT2D eigenvalue weighted by molar-refractivity contribution is 5.48. The molecule has 1 N–H and O–H groups in total. The molecule has 0 heterocycles. The molecule has 0 saturated carbocycles. The molecule has 0 bridgehead atoms. The lowest BCUT2D eigenvalue weighted by Crippen LogP contribution is -2.16. The van der Waals surface area contributed by atoms with Crippen molar-refractivity contribution in [3.05, 3.63) is 29.6 Å². The van der Waals surface area contributed by atoms with E-state index in [1.165, 1.54) is 0 Å². The second-order valence-electron chi connectivity index (χ2n) is 3.36. The van der Waals surface area contributed by atoms with Crippen LogP contribution in [0.4, 0.5) is 10.1 Å². The first-order valence-electron chi connectivity index (χ1n) is 4.82. The zero-order valence-corrected chi connectivity index (χ0v) is 8.97. The van der Waals surface area contributed by atoms with Gasteiger partial charge in [-0.1, -0.05) is 0 Å². The van der Waals surface area contributed by atoms with Crippen LogP contribution >= 0.6 is 0 Å². The average Bonchev–Trinajstić information content (AvgIpc) is 2.16. The van der Waals surface area contributed by atoms with Gasteiger partial charge >= 0.3 is 0 Å². The maximum Gasteiger partial charge on any atom is 0.125 e. The molecule has 0 fully saturated rings. The molecule has 0 aliphatic rings. The summed E-state index contributed by atoms with van der Waals surface area (Å²) in [7, 11) is 3.81. The van der Waals surface area contributed by atoms with Gasteiger partial charge in [-0.2, -0.15) is 0 Å². The highest BCUT2D eigenvalue weighted by atomic mass is 19.1. The fraction of sp³-hybridized carbons (Fsp3) is 0.455. The van der Waals surface area contributed by atoms with E-state index in [1.807, 2.05) is 32.0 Å². The molecule has 0 amide bonds. The number of benzene rings is 1. The summed E-state index contributed by atoms with van der Waals surface area (Å²) in [5.74, 6) is -0.173. The first-order valence-corrected chi connectivity index (χ1v) is 4.82. The van der Waals surface area contributed by atoms with Crippen LogP contribution in [0.25, 0.3) is 0 Å². The summed E-state index contributed by atoms with van der Waals surface area (Å²) >= 11 is 0. The zero-order chi connectivity index (χ0) is 10.6. The summed E-state index contributed by atoms with van der Waals surface area (Å²) in [6, 6.07) is 5.12. The minimum absolute atomic E-state index is 0.173. The predicted octanol–water partition coefficient (Wildman–Crippen LogP) is 2.00. The van der Waals surface area contributed by atoms with E-state index in [4.69, 9.17) is 0 Å². The Bertz CT molecular complexity index is 299. The maximum atomic E-state index is 13.2. The Balaban J connectivity index is 2.94. The quantitative estimate of drug-likeness (QED) is 0.792. The molecule has 0 aliphatic carbocycles. The van der Waals surface area contributed by atoms with Crippen LogP contribution in [0.3, 0.4) is 0 Å². The Morgan fingerprint density at radius 2 is 2.07 bits per heavy atom. The van der Waals surface area contributed by atoms with Crippen molar-refractivity contribution < 1.29 is 4.39 Å². The molecule has 0 aromatic heterocycles. The van der Waals surface area contributed by atoms with Crippen molar-refractivity contribution in [1.82, 2.24) is 5.32 Å². The first kappa shape index (κ1) is 11.0.